The third-order valence-electron chi connectivity index (χ3n) is 5.66. The van der Waals surface area contributed by atoms with Crippen LogP contribution >= 0.6 is 8.19 Å². The molecule has 1 unspecified atom stereocenters. The van der Waals surface area contributed by atoms with Crippen molar-refractivity contribution in [1.82, 2.24) is 0 Å². The van der Waals surface area contributed by atoms with Crippen molar-refractivity contribution >= 4 is 19.0 Å². The van der Waals surface area contributed by atoms with Crippen LogP contribution in [0.1, 0.15) is 82.8 Å². The zero-order valence-corrected chi connectivity index (χ0v) is 15.2. The molecule has 1 saturated carbocycles. The number of benzene rings is 1. The molecule has 1 fully saturated rings. The van der Waals surface area contributed by atoms with Gasteiger partial charge in [-0.3, -0.25) is 0 Å². The molecule has 3 rings (SSSR count). The monoisotopic (exact) mass is 314 g/mol. The van der Waals surface area contributed by atoms with E-state index in [4.69, 9.17) is 0 Å². The van der Waals surface area contributed by atoms with E-state index in [1.165, 1.54) is 76.0 Å². The first kappa shape index (κ1) is 16.1. The van der Waals surface area contributed by atoms with Crippen molar-refractivity contribution in [3.05, 3.63) is 35.4 Å². The van der Waals surface area contributed by atoms with E-state index in [-0.39, 0.29) is 0 Å². The Bertz CT molecular complexity index is 568. The molecule has 0 spiro atoms. The highest BCUT2D eigenvalue weighted by Crippen LogP contribution is 2.44. The van der Waals surface area contributed by atoms with Crippen molar-refractivity contribution in [2.24, 2.45) is 0 Å². The summed E-state index contributed by atoms with van der Waals surface area (Å²) in [5.74, 6) is 2.48. The van der Waals surface area contributed by atoms with Crippen molar-refractivity contribution in [2.75, 3.05) is 0 Å². The number of fused-ring (bicyclic) bond motifs is 1. The fraction of sp³-hybridized carbons (Fsp3) is 0.619. The van der Waals surface area contributed by atoms with Crippen LogP contribution < -0.4 is 0 Å². The molecule has 22 heavy (non-hydrogen) atoms. The number of hydrogen-bond donors (Lipinski definition) is 0. The van der Waals surface area contributed by atoms with E-state index < -0.39 is 0 Å². The van der Waals surface area contributed by atoms with Gasteiger partial charge in [-0.05, 0) is 40.1 Å². The summed E-state index contributed by atoms with van der Waals surface area (Å²) in [4.78, 5) is 0. The Labute approximate surface area is 137 Å². The predicted molar refractivity (Wildman–Crippen MR) is 102 cm³/mol. The molecule has 0 N–H and O–H groups in total. The summed E-state index contributed by atoms with van der Waals surface area (Å²) in [7, 11) is 0.919. The Morgan fingerprint density at radius 2 is 1.32 bits per heavy atom. The molecular weight excluding hydrogens is 283 g/mol. The standard InChI is InChI=1S/C21H31P/c1-21(20-19-14-10-9-13-18(19)17-22-20)15-11-7-5-3-2-4-6-8-12-16-21/h9-10,13-14,17,22H,2-8,11-12,15-16H2,1H3. The molecular formula is C21H31P. The van der Waals surface area contributed by atoms with Gasteiger partial charge in [0.1, 0.15) is 0 Å². The maximum Gasteiger partial charge on any atom is -0.00342 e. The Kier molecular flexibility index (Phi) is 5.64. The highest BCUT2D eigenvalue weighted by molar-refractivity contribution is 7.31. The van der Waals surface area contributed by atoms with Crippen LogP contribution in [0.4, 0.5) is 0 Å². The highest BCUT2D eigenvalue weighted by atomic mass is 31.0. The lowest BCUT2D eigenvalue weighted by Gasteiger charge is -2.30. The van der Waals surface area contributed by atoms with Crippen LogP contribution in [0.25, 0.3) is 10.8 Å². The first-order chi connectivity index (χ1) is 10.8. The molecule has 0 nitrogen and oxygen atoms in total. The van der Waals surface area contributed by atoms with E-state index in [1.807, 2.05) is 0 Å². The third-order valence-corrected chi connectivity index (χ3v) is 7.28. The van der Waals surface area contributed by atoms with Crippen molar-refractivity contribution in [2.45, 2.75) is 83.0 Å². The first-order valence-electron chi connectivity index (χ1n) is 9.36. The smallest absolute Gasteiger partial charge is 0.00342 e. The van der Waals surface area contributed by atoms with Gasteiger partial charge in [0.05, 0.1) is 0 Å². The lowest BCUT2D eigenvalue weighted by atomic mass is 9.77. The first-order valence-corrected chi connectivity index (χ1v) is 10.4. The second-order valence-corrected chi connectivity index (χ2v) is 8.57. The minimum atomic E-state index is 0.445. The summed E-state index contributed by atoms with van der Waals surface area (Å²) in [5, 5.41) is 4.82. The van der Waals surface area contributed by atoms with Gasteiger partial charge in [-0.2, -0.15) is 0 Å². The molecule has 1 aromatic heterocycles. The SMILES string of the molecule is CC1(c2[pH]cc3ccccc23)CCCCCCCCCCC1. The van der Waals surface area contributed by atoms with E-state index in [1.54, 1.807) is 10.7 Å². The molecule has 0 radical (unpaired) electrons. The topological polar surface area (TPSA) is 0 Å². The lowest BCUT2D eigenvalue weighted by Crippen LogP contribution is -2.21. The average Bonchev–Trinajstić information content (AvgIpc) is 2.96. The van der Waals surface area contributed by atoms with Crippen LogP contribution in [0.15, 0.2) is 30.1 Å². The summed E-state index contributed by atoms with van der Waals surface area (Å²) in [6, 6.07) is 9.07. The van der Waals surface area contributed by atoms with E-state index in [0.717, 1.165) is 8.19 Å². The van der Waals surface area contributed by atoms with Crippen LogP contribution in [-0.2, 0) is 5.41 Å². The van der Waals surface area contributed by atoms with E-state index >= 15 is 0 Å². The third kappa shape index (κ3) is 3.77. The summed E-state index contributed by atoms with van der Waals surface area (Å²) in [6.07, 6.45) is 15.8. The molecule has 0 bridgehead atoms. The predicted octanol–water partition coefficient (Wildman–Crippen LogP) is 7.43. The maximum atomic E-state index is 2.57. The van der Waals surface area contributed by atoms with Gasteiger partial charge >= 0.3 is 0 Å². The summed E-state index contributed by atoms with van der Waals surface area (Å²) >= 11 is 0. The largest absolute Gasteiger partial charge is 0.135 e. The van der Waals surface area contributed by atoms with Crippen molar-refractivity contribution in [3.8, 4) is 0 Å². The Morgan fingerprint density at radius 1 is 0.773 bits per heavy atom. The van der Waals surface area contributed by atoms with Gasteiger partial charge in [0.2, 0.25) is 0 Å². The molecule has 1 heteroatoms. The van der Waals surface area contributed by atoms with Crippen LogP contribution in [-0.4, -0.2) is 0 Å². The maximum absolute atomic E-state index is 2.57. The Morgan fingerprint density at radius 3 is 1.95 bits per heavy atom. The normalized spacial score (nSPS) is 21.5. The summed E-state index contributed by atoms with van der Waals surface area (Å²) in [5.41, 5.74) is 0.445. The molecule has 2 aromatic rings. The molecule has 1 aromatic carbocycles. The molecule has 0 saturated heterocycles. The minimum Gasteiger partial charge on any atom is -0.135 e. The summed E-state index contributed by atoms with van der Waals surface area (Å²) in [6.45, 7) is 2.57. The Balaban J connectivity index is 1.82. The second kappa shape index (κ2) is 7.69. The van der Waals surface area contributed by atoms with Gasteiger partial charge in [0.25, 0.3) is 0 Å². The molecule has 120 valence electrons. The quantitative estimate of drug-likeness (QED) is 0.513. The van der Waals surface area contributed by atoms with Crippen molar-refractivity contribution in [1.29, 1.82) is 0 Å². The number of rotatable bonds is 1. The van der Waals surface area contributed by atoms with E-state index in [2.05, 4.69) is 37.0 Å². The van der Waals surface area contributed by atoms with Crippen molar-refractivity contribution < 1.29 is 0 Å². The minimum absolute atomic E-state index is 0.445. The van der Waals surface area contributed by atoms with Gasteiger partial charge in [-0.1, -0.05) is 89.0 Å². The van der Waals surface area contributed by atoms with Gasteiger partial charge in [0.15, 0.2) is 0 Å². The van der Waals surface area contributed by atoms with Crippen LogP contribution in [0.3, 0.4) is 0 Å². The lowest BCUT2D eigenvalue weighted by molar-refractivity contribution is 0.364. The number of hydrogen-bond acceptors (Lipinski definition) is 0. The van der Waals surface area contributed by atoms with Crippen LogP contribution in [0, 0.1) is 0 Å². The molecule has 1 atom stereocenters. The van der Waals surface area contributed by atoms with Crippen LogP contribution in [0.2, 0.25) is 0 Å². The zero-order chi connectivity index (χ0) is 15.3. The highest BCUT2D eigenvalue weighted by Gasteiger charge is 2.28. The molecule has 0 aliphatic heterocycles. The van der Waals surface area contributed by atoms with E-state index in [0.29, 0.717) is 5.41 Å². The molecule has 1 heterocycles. The van der Waals surface area contributed by atoms with E-state index in [9.17, 15) is 0 Å². The second-order valence-electron chi connectivity index (χ2n) is 7.49. The van der Waals surface area contributed by atoms with Gasteiger partial charge in [-0.15, -0.1) is 8.19 Å². The average molecular weight is 314 g/mol. The Hall–Kier alpha value is -0.740. The van der Waals surface area contributed by atoms with Gasteiger partial charge in [-0.25, -0.2) is 0 Å². The van der Waals surface area contributed by atoms with Crippen LogP contribution in [0.5, 0.6) is 0 Å². The fourth-order valence-corrected chi connectivity index (χ4v) is 5.75. The fourth-order valence-electron chi connectivity index (χ4n) is 4.22. The molecule has 1 aliphatic carbocycles. The zero-order valence-electron chi connectivity index (χ0n) is 14.2. The van der Waals surface area contributed by atoms with Gasteiger partial charge < -0.3 is 0 Å². The van der Waals surface area contributed by atoms with Crippen molar-refractivity contribution in [3.63, 3.8) is 0 Å². The molecule has 1 aliphatic rings. The molecule has 0 amide bonds. The summed E-state index contributed by atoms with van der Waals surface area (Å²) < 4.78 is 0. The van der Waals surface area contributed by atoms with Gasteiger partial charge in [0, 0.05) is 0 Å².